The lowest BCUT2D eigenvalue weighted by molar-refractivity contribution is 0.696. The van der Waals surface area contributed by atoms with Crippen LogP contribution in [0.25, 0.3) is 0 Å². The van der Waals surface area contributed by atoms with E-state index < -0.39 is 0 Å². The van der Waals surface area contributed by atoms with Gasteiger partial charge in [-0.2, -0.15) is 0 Å². The molecule has 2 aromatic heterocycles. The molecule has 0 saturated carbocycles. The van der Waals surface area contributed by atoms with E-state index in [1.165, 1.54) is 6.42 Å². The van der Waals surface area contributed by atoms with Crippen LogP contribution in [0.3, 0.4) is 0 Å². The normalized spacial score (nSPS) is 10.7. The maximum absolute atomic E-state index is 4.29. The lowest BCUT2D eigenvalue weighted by atomic mass is 10.3. The smallest absolute Gasteiger partial charge is 0.203 e. The van der Waals surface area contributed by atoms with Crippen molar-refractivity contribution in [2.45, 2.75) is 26.3 Å². The fourth-order valence-corrected chi connectivity index (χ4v) is 1.58. The SMILES string of the molecule is CCCCNc1nccn1Cc1nncn1C. The molecule has 0 unspecified atom stereocenters. The van der Waals surface area contributed by atoms with Gasteiger partial charge >= 0.3 is 0 Å². The minimum absolute atomic E-state index is 0.685. The molecule has 6 nitrogen and oxygen atoms in total. The quantitative estimate of drug-likeness (QED) is 0.765. The van der Waals surface area contributed by atoms with Crippen LogP contribution in [-0.4, -0.2) is 30.9 Å². The molecule has 0 atom stereocenters. The average molecular weight is 234 g/mol. The van der Waals surface area contributed by atoms with Gasteiger partial charge in [0.2, 0.25) is 5.95 Å². The van der Waals surface area contributed by atoms with Gasteiger partial charge in [0, 0.05) is 26.0 Å². The topological polar surface area (TPSA) is 60.6 Å². The van der Waals surface area contributed by atoms with E-state index in [-0.39, 0.29) is 0 Å². The molecule has 0 aliphatic rings. The lowest BCUT2D eigenvalue weighted by Crippen LogP contribution is -2.11. The third-order valence-electron chi connectivity index (χ3n) is 2.65. The number of aromatic nitrogens is 5. The highest BCUT2D eigenvalue weighted by Gasteiger charge is 2.06. The highest BCUT2D eigenvalue weighted by Crippen LogP contribution is 2.07. The van der Waals surface area contributed by atoms with Crippen molar-refractivity contribution in [2.24, 2.45) is 7.05 Å². The number of rotatable bonds is 6. The first-order chi connectivity index (χ1) is 8.31. The summed E-state index contributed by atoms with van der Waals surface area (Å²) in [5, 5.41) is 11.3. The van der Waals surface area contributed by atoms with Crippen LogP contribution >= 0.6 is 0 Å². The van der Waals surface area contributed by atoms with Gasteiger partial charge in [0.15, 0.2) is 5.82 Å². The molecule has 6 heteroatoms. The molecule has 0 radical (unpaired) electrons. The fourth-order valence-electron chi connectivity index (χ4n) is 1.58. The van der Waals surface area contributed by atoms with Crippen LogP contribution < -0.4 is 5.32 Å². The van der Waals surface area contributed by atoms with Crippen LogP contribution in [-0.2, 0) is 13.6 Å². The Morgan fingerprint density at radius 2 is 2.29 bits per heavy atom. The van der Waals surface area contributed by atoms with Crippen LogP contribution in [0.1, 0.15) is 25.6 Å². The lowest BCUT2D eigenvalue weighted by Gasteiger charge is -2.08. The van der Waals surface area contributed by atoms with Crippen LogP contribution in [0.2, 0.25) is 0 Å². The molecule has 2 aromatic rings. The number of aryl methyl sites for hydroxylation is 1. The van der Waals surface area contributed by atoms with Crippen molar-refractivity contribution in [1.82, 2.24) is 24.3 Å². The van der Waals surface area contributed by atoms with Gasteiger partial charge in [0.05, 0.1) is 6.54 Å². The van der Waals surface area contributed by atoms with E-state index in [9.17, 15) is 0 Å². The molecule has 1 N–H and O–H groups in total. The Kier molecular flexibility index (Phi) is 3.74. The Morgan fingerprint density at radius 3 is 3.00 bits per heavy atom. The number of anilines is 1. The van der Waals surface area contributed by atoms with Crippen molar-refractivity contribution in [2.75, 3.05) is 11.9 Å². The molecule has 0 fully saturated rings. The van der Waals surface area contributed by atoms with Crippen molar-refractivity contribution >= 4 is 5.95 Å². The molecule has 17 heavy (non-hydrogen) atoms. The van der Waals surface area contributed by atoms with Gasteiger partial charge in [-0.05, 0) is 6.42 Å². The van der Waals surface area contributed by atoms with Crippen molar-refractivity contribution in [1.29, 1.82) is 0 Å². The number of unbranched alkanes of at least 4 members (excludes halogenated alkanes) is 1. The summed E-state index contributed by atoms with van der Waals surface area (Å²) in [7, 11) is 1.94. The molecular weight excluding hydrogens is 216 g/mol. The summed E-state index contributed by atoms with van der Waals surface area (Å²) < 4.78 is 3.95. The fraction of sp³-hybridized carbons (Fsp3) is 0.545. The molecule has 0 spiro atoms. The molecule has 0 saturated heterocycles. The zero-order chi connectivity index (χ0) is 12.1. The molecule has 2 rings (SSSR count). The number of nitrogens with one attached hydrogen (secondary N) is 1. The Bertz CT molecular complexity index is 458. The van der Waals surface area contributed by atoms with E-state index in [2.05, 4.69) is 27.4 Å². The summed E-state index contributed by atoms with van der Waals surface area (Å²) in [6, 6.07) is 0. The maximum Gasteiger partial charge on any atom is 0.203 e. The molecule has 0 aliphatic heterocycles. The van der Waals surface area contributed by atoms with Gasteiger partial charge < -0.3 is 14.5 Å². The third-order valence-corrected chi connectivity index (χ3v) is 2.65. The standard InChI is InChI=1S/C11H18N6/c1-3-4-5-12-11-13-6-7-17(11)8-10-15-14-9-16(10)2/h6-7,9H,3-5,8H2,1-2H3,(H,12,13). The Morgan fingerprint density at radius 1 is 1.41 bits per heavy atom. The van der Waals surface area contributed by atoms with E-state index in [0.29, 0.717) is 6.54 Å². The summed E-state index contributed by atoms with van der Waals surface area (Å²) in [5.41, 5.74) is 0. The van der Waals surface area contributed by atoms with Crippen LogP contribution in [0.5, 0.6) is 0 Å². The average Bonchev–Trinajstić information content (AvgIpc) is 2.91. The van der Waals surface area contributed by atoms with Crippen molar-refractivity contribution in [3.8, 4) is 0 Å². The Balaban J connectivity index is 2.01. The third kappa shape index (κ3) is 2.83. The zero-order valence-electron chi connectivity index (χ0n) is 10.3. The van der Waals surface area contributed by atoms with Crippen LogP contribution in [0.4, 0.5) is 5.95 Å². The molecular formula is C11H18N6. The summed E-state index contributed by atoms with van der Waals surface area (Å²) >= 11 is 0. The maximum atomic E-state index is 4.29. The van der Waals surface area contributed by atoms with Crippen LogP contribution in [0.15, 0.2) is 18.7 Å². The number of hydrogen-bond donors (Lipinski definition) is 1. The van der Waals surface area contributed by atoms with E-state index in [0.717, 1.165) is 24.7 Å². The first kappa shape index (κ1) is 11.6. The second kappa shape index (κ2) is 5.47. The summed E-state index contributed by atoms with van der Waals surface area (Å²) in [6.45, 7) is 3.81. The van der Waals surface area contributed by atoms with Gasteiger partial charge in [0.1, 0.15) is 6.33 Å². The second-order valence-corrected chi connectivity index (χ2v) is 4.02. The minimum Gasteiger partial charge on any atom is -0.356 e. The van der Waals surface area contributed by atoms with Crippen molar-refractivity contribution in [3.63, 3.8) is 0 Å². The van der Waals surface area contributed by atoms with E-state index >= 15 is 0 Å². The Hall–Kier alpha value is -1.85. The monoisotopic (exact) mass is 234 g/mol. The molecule has 0 bridgehead atoms. The number of hydrogen-bond acceptors (Lipinski definition) is 4. The highest BCUT2D eigenvalue weighted by molar-refractivity contribution is 5.26. The van der Waals surface area contributed by atoms with Gasteiger partial charge in [-0.1, -0.05) is 13.3 Å². The van der Waals surface area contributed by atoms with E-state index in [1.54, 1.807) is 12.5 Å². The zero-order valence-corrected chi connectivity index (χ0v) is 10.3. The Labute approximate surface area is 101 Å². The summed E-state index contributed by atoms with van der Waals surface area (Å²) in [5.74, 6) is 1.81. The first-order valence-electron chi connectivity index (χ1n) is 5.89. The largest absolute Gasteiger partial charge is 0.356 e. The van der Waals surface area contributed by atoms with Gasteiger partial charge in [-0.25, -0.2) is 4.98 Å². The predicted octanol–water partition coefficient (Wildman–Crippen LogP) is 1.27. The second-order valence-electron chi connectivity index (χ2n) is 4.02. The van der Waals surface area contributed by atoms with E-state index in [4.69, 9.17) is 0 Å². The number of imidazole rings is 1. The molecule has 0 aliphatic carbocycles. The van der Waals surface area contributed by atoms with Crippen molar-refractivity contribution in [3.05, 3.63) is 24.5 Å². The van der Waals surface area contributed by atoms with Crippen molar-refractivity contribution < 1.29 is 0 Å². The highest BCUT2D eigenvalue weighted by atomic mass is 15.3. The van der Waals surface area contributed by atoms with Crippen LogP contribution in [0, 0.1) is 0 Å². The minimum atomic E-state index is 0.685. The molecule has 0 aromatic carbocycles. The van der Waals surface area contributed by atoms with Gasteiger partial charge in [0.25, 0.3) is 0 Å². The predicted molar refractivity (Wildman–Crippen MR) is 65.7 cm³/mol. The molecule has 92 valence electrons. The summed E-state index contributed by atoms with van der Waals surface area (Å²) in [4.78, 5) is 4.29. The molecule has 0 amide bonds. The van der Waals surface area contributed by atoms with Gasteiger partial charge in [-0.15, -0.1) is 10.2 Å². The van der Waals surface area contributed by atoms with E-state index in [1.807, 2.05) is 22.4 Å². The number of nitrogens with zero attached hydrogens (tertiary/aromatic N) is 5. The molecule has 2 heterocycles. The summed E-state index contributed by atoms with van der Waals surface area (Å²) in [6.07, 6.45) is 7.78. The first-order valence-corrected chi connectivity index (χ1v) is 5.89. The van der Waals surface area contributed by atoms with Gasteiger partial charge in [-0.3, -0.25) is 0 Å².